The van der Waals surface area contributed by atoms with Crippen molar-refractivity contribution in [3.05, 3.63) is 0 Å². The Morgan fingerprint density at radius 1 is 0.947 bits per heavy atom. The predicted molar refractivity (Wildman–Crippen MR) is 94.6 cm³/mol. The lowest BCUT2D eigenvalue weighted by atomic mass is 9.86. The van der Waals surface area contributed by atoms with E-state index >= 15 is 0 Å². The molecule has 0 aromatic heterocycles. The van der Waals surface area contributed by atoms with Crippen molar-refractivity contribution in [2.24, 2.45) is 5.41 Å². The van der Waals surface area contributed by atoms with Gasteiger partial charge in [-0.2, -0.15) is 22.2 Å². The standard InChI is InChI=1S/C14H32Cl2OSi2/c1-14(2,3)13(17-18(4)5)11-9-7-6-8-10-12-19(15)16/h13,18-19H,6-12H2,1-5H3. The van der Waals surface area contributed by atoms with Crippen LogP contribution >= 0.6 is 22.2 Å². The molecule has 0 fully saturated rings. The zero-order chi connectivity index (χ0) is 14.9. The van der Waals surface area contributed by atoms with Gasteiger partial charge in [-0.15, -0.1) is 0 Å². The van der Waals surface area contributed by atoms with Crippen molar-refractivity contribution >= 4 is 38.6 Å². The highest BCUT2D eigenvalue weighted by molar-refractivity contribution is 7.33. The molecule has 0 aliphatic rings. The van der Waals surface area contributed by atoms with Gasteiger partial charge in [-0.25, -0.2) is 0 Å². The maximum atomic E-state index is 6.18. The molecule has 1 unspecified atom stereocenters. The van der Waals surface area contributed by atoms with Crippen LogP contribution in [0, 0.1) is 5.41 Å². The van der Waals surface area contributed by atoms with E-state index in [1.807, 2.05) is 0 Å². The van der Waals surface area contributed by atoms with Crippen molar-refractivity contribution in [3.8, 4) is 0 Å². The predicted octanol–water partition coefficient (Wildman–Crippen LogP) is 5.44. The lowest BCUT2D eigenvalue weighted by Gasteiger charge is -2.32. The van der Waals surface area contributed by atoms with Crippen LogP contribution < -0.4 is 0 Å². The minimum absolute atomic E-state index is 0.271. The number of rotatable bonds is 10. The van der Waals surface area contributed by atoms with Gasteiger partial charge in [0.25, 0.3) is 0 Å². The molecular weight excluding hydrogens is 311 g/mol. The first-order valence-corrected chi connectivity index (χ1v) is 14.8. The summed E-state index contributed by atoms with van der Waals surface area (Å²) in [5, 5.41) is 0. The summed E-state index contributed by atoms with van der Waals surface area (Å²) in [4.78, 5) is 0. The van der Waals surface area contributed by atoms with E-state index in [1.54, 1.807) is 0 Å². The molecule has 0 N–H and O–H groups in total. The fourth-order valence-electron chi connectivity index (χ4n) is 2.19. The molecule has 0 radical (unpaired) electrons. The summed E-state index contributed by atoms with van der Waals surface area (Å²) in [6.07, 6.45) is 8.03. The Morgan fingerprint density at radius 2 is 1.47 bits per heavy atom. The third-order valence-electron chi connectivity index (χ3n) is 3.29. The minimum atomic E-state index is -1.36. The highest BCUT2D eigenvalue weighted by Gasteiger charge is 2.25. The van der Waals surface area contributed by atoms with Crippen molar-refractivity contribution in [3.63, 3.8) is 0 Å². The van der Waals surface area contributed by atoms with E-state index in [0.717, 1.165) is 6.04 Å². The van der Waals surface area contributed by atoms with Crippen LogP contribution in [-0.2, 0) is 4.43 Å². The highest BCUT2D eigenvalue weighted by Crippen LogP contribution is 2.27. The van der Waals surface area contributed by atoms with E-state index in [9.17, 15) is 0 Å². The second kappa shape index (κ2) is 10.7. The van der Waals surface area contributed by atoms with E-state index in [0.29, 0.717) is 6.10 Å². The Labute approximate surface area is 133 Å². The molecule has 0 aromatic carbocycles. The Hall–Kier alpha value is 0.974. The van der Waals surface area contributed by atoms with Crippen molar-refractivity contribution in [1.29, 1.82) is 0 Å². The molecule has 0 rings (SSSR count). The molecule has 0 saturated heterocycles. The summed E-state index contributed by atoms with van der Waals surface area (Å²) in [6.45, 7) is 11.4. The van der Waals surface area contributed by atoms with Gasteiger partial charge in [-0.1, -0.05) is 52.9 Å². The van der Waals surface area contributed by atoms with Crippen LogP contribution in [0.25, 0.3) is 0 Å². The van der Waals surface area contributed by atoms with Crippen molar-refractivity contribution in [1.82, 2.24) is 0 Å². The van der Waals surface area contributed by atoms with Gasteiger partial charge in [-0.05, 0) is 31.0 Å². The van der Waals surface area contributed by atoms with Gasteiger partial charge in [0.1, 0.15) is 0 Å². The average molecular weight is 343 g/mol. The molecule has 0 aliphatic carbocycles. The lowest BCUT2D eigenvalue weighted by molar-refractivity contribution is 0.0759. The van der Waals surface area contributed by atoms with Crippen LogP contribution in [0.4, 0.5) is 0 Å². The largest absolute Gasteiger partial charge is 0.417 e. The Balaban J connectivity index is 3.70. The maximum absolute atomic E-state index is 6.18. The third-order valence-corrected chi connectivity index (χ3v) is 6.32. The summed E-state index contributed by atoms with van der Waals surface area (Å²) < 4.78 is 6.18. The second-order valence-corrected chi connectivity index (χ2v) is 14.3. The van der Waals surface area contributed by atoms with Crippen LogP contribution in [0.15, 0.2) is 0 Å². The summed E-state index contributed by atoms with van der Waals surface area (Å²) in [5.41, 5.74) is 0.271. The number of hydrogen-bond acceptors (Lipinski definition) is 1. The molecule has 1 atom stereocenters. The summed E-state index contributed by atoms with van der Waals surface area (Å²) in [5.74, 6) is 0. The Bertz CT molecular complexity index is 218. The van der Waals surface area contributed by atoms with Gasteiger partial charge in [0.2, 0.25) is 7.42 Å². The Morgan fingerprint density at radius 3 is 1.95 bits per heavy atom. The minimum Gasteiger partial charge on any atom is -0.417 e. The molecule has 5 heteroatoms. The normalized spacial score (nSPS) is 14.4. The first-order chi connectivity index (χ1) is 8.73. The molecule has 0 aromatic rings. The smallest absolute Gasteiger partial charge is 0.237 e. The molecule has 0 amide bonds. The van der Waals surface area contributed by atoms with Crippen molar-refractivity contribution < 1.29 is 4.43 Å². The molecule has 1 nitrogen and oxygen atoms in total. The zero-order valence-corrected chi connectivity index (χ0v) is 17.2. The molecule has 0 saturated carbocycles. The van der Waals surface area contributed by atoms with E-state index in [2.05, 4.69) is 33.9 Å². The number of hydrogen-bond donors (Lipinski definition) is 0. The second-order valence-electron chi connectivity index (χ2n) is 6.78. The monoisotopic (exact) mass is 342 g/mol. The van der Waals surface area contributed by atoms with Crippen LogP contribution in [0.5, 0.6) is 0 Å². The van der Waals surface area contributed by atoms with Gasteiger partial charge in [0.05, 0.1) is 0 Å². The van der Waals surface area contributed by atoms with Gasteiger partial charge in [-0.3, -0.25) is 0 Å². The molecule has 0 spiro atoms. The molecule has 0 heterocycles. The van der Waals surface area contributed by atoms with Gasteiger partial charge < -0.3 is 4.43 Å². The Kier molecular flexibility index (Phi) is 11.2. The topological polar surface area (TPSA) is 9.23 Å². The van der Waals surface area contributed by atoms with Crippen LogP contribution in [-0.4, -0.2) is 22.6 Å². The number of halogens is 2. The quantitative estimate of drug-likeness (QED) is 0.291. The lowest BCUT2D eigenvalue weighted by Crippen LogP contribution is -2.33. The van der Waals surface area contributed by atoms with Crippen molar-refractivity contribution in [2.45, 2.75) is 84.5 Å². The van der Waals surface area contributed by atoms with Gasteiger partial charge in [0.15, 0.2) is 9.04 Å². The van der Waals surface area contributed by atoms with E-state index < -0.39 is 16.5 Å². The summed E-state index contributed by atoms with van der Waals surface area (Å²) in [6, 6.07) is 1.07. The summed E-state index contributed by atoms with van der Waals surface area (Å²) >= 11 is 11.7. The molecule has 116 valence electrons. The van der Waals surface area contributed by atoms with Crippen LogP contribution in [0.1, 0.15) is 59.3 Å². The highest BCUT2D eigenvalue weighted by atomic mass is 35.7. The van der Waals surface area contributed by atoms with Crippen LogP contribution in [0.2, 0.25) is 19.1 Å². The average Bonchev–Trinajstić information content (AvgIpc) is 2.23. The van der Waals surface area contributed by atoms with E-state index in [-0.39, 0.29) is 5.41 Å². The van der Waals surface area contributed by atoms with Gasteiger partial charge in [0, 0.05) is 6.10 Å². The molecular formula is C14H32Cl2OSi2. The van der Waals surface area contributed by atoms with Crippen molar-refractivity contribution in [2.75, 3.05) is 0 Å². The van der Waals surface area contributed by atoms with E-state index in [4.69, 9.17) is 26.6 Å². The zero-order valence-electron chi connectivity index (χ0n) is 13.3. The maximum Gasteiger partial charge on any atom is 0.237 e. The SMILES string of the molecule is C[SiH](C)OC(CCCCCCC[SiH](Cl)Cl)C(C)(C)C. The fourth-order valence-corrected chi connectivity index (χ4v) is 4.92. The molecule has 0 bridgehead atoms. The fraction of sp³-hybridized carbons (Fsp3) is 1.00. The summed E-state index contributed by atoms with van der Waals surface area (Å²) in [7, 11) is -2.29. The molecule has 0 aliphatic heterocycles. The molecule has 19 heavy (non-hydrogen) atoms. The first kappa shape index (κ1) is 20.0. The van der Waals surface area contributed by atoms with Gasteiger partial charge >= 0.3 is 0 Å². The first-order valence-electron chi connectivity index (χ1n) is 7.67. The van der Waals surface area contributed by atoms with E-state index in [1.165, 1.54) is 38.5 Å². The number of unbranched alkanes of at least 4 members (excludes halogenated alkanes) is 4. The van der Waals surface area contributed by atoms with Crippen LogP contribution in [0.3, 0.4) is 0 Å². The third kappa shape index (κ3) is 12.4.